The second-order valence-electron chi connectivity index (χ2n) is 6.58. The molecule has 3 aromatic carbocycles. The van der Waals surface area contributed by atoms with Crippen molar-refractivity contribution in [2.75, 3.05) is 5.32 Å². The number of carbonyl (C=O) groups excluding carboxylic acids is 1. The number of benzene rings is 3. The van der Waals surface area contributed by atoms with Crippen molar-refractivity contribution in [2.45, 2.75) is 0 Å². The lowest BCUT2D eigenvalue weighted by Crippen LogP contribution is -2.13. The number of rotatable bonds is 5. The summed E-state index contributed by atoms with van der Waals surface area (Å²) in [5.74, 6) is -0.0234. The molecule has 0 radical (unpaired) electrons. The van der Waals surface area contributed by atoms with Gasteiger partial charge >= 0.3 is 0 Å². The lowest BCUT2D eigenvalue weighted by atomic mass is 10.0. The molecule has 0 fully saturated rings. The number of amides is 1. The molecule has 31 heavy (non-hydrogen) atoms. The highest BCUT2D eigenvalue weighted by atomic mass is 16.6. The Morgan fingerprint density at radius 2 is 1.84 bits per heavy atom. The van der Waals surface area contributed by atoms with Crippen molar-refractivity contribution in [3.05, 3.63) is 94.0 Å². The van der Waals surface area contributed by atoms with Gasteiger partial charge in [0.25, 0.3) is 11.6 Å². The Kier molecular flexibility index (Phi) is 5.24. The van der Waals surface area contributed by atoms with Crippen LogP contribution in [0.4, 0.5) is 11.4 Å². The number of hydrogen-bond acceptors (Lipinski definition) is 6. The molecule has 0 aliphatic carbocycles. The van der Waals surface area contributed by atoms with Crippen LogP contribution in [0.1, 0.15) is 5.56 Å². The average molecular weight is 410 g/mol. The predicted molar refractivity (Wildman–Crippen MR) is 115 cm³/mol. The third-order valence-electron chi connectivity index (χ3n) is 4.55. The number of nitro benzene ring substituents is 1. The van der Waals surface area contributed by atoms with Gasteiger partial charge in [-0.15, -0.1) is 0 Å². The van der Waals surface area contributed by atoms with Gasteiger partial charge in [0.15, 0.2) is 5.76 Å². The number of non-ortho nitro benzene ring substituents is 1. The zero-order valence-corrected chi connectivity index (χ0v) is 16.0. The van der Waals surface area contributed by atoms with Crippen LogP contribution in [-0.4, -0.2) is 16.0 Å². The van der Waals surface area contributed by atoms with Crippen molar-refractivity contribution in [1.29, 1.82) is 5.26 Å². The number of nitro groups is 1. The molecule has 1 N–H and O–H groups in total. The number of nitrogens with one attached hydrogen (secondary N) is 1. The molecule has 0 aliphatic heterocycles. The van der Waals surface area contributed by atoms with Crippen molar-refractivity contribution in [1.82, 2.24) is 5.16 Å². The molecule has 4 rings (SSSR count). The highest BCUT2D eigenvalue weighted by molar-refractivity contribution is 6.10. The quantitative estimate of drug-likeness (QED) is 0.215. The molecule has 0 spiro atoms. The van der Waals surface area contributed by atoms with Crippen molar-refractivity contribution in [3.63, 3.8) is 0 Å². The number of fused-ring (bicyclic) bond motifs is 1. The van der Waals surface area contributed by atoms with Crippen molar-refractivity contribution in [3.8, 4) is 17.4 Å². The van der Waals surface area contributed by atoms with E-state index in [0.29, 0.717) is 22.5 Å². The topological polar surface area (TPSA) is 122 Å². The molecule has 1 aromatic heterocycles. The van der Waals surface area contributed by atoms with E-state index in [1.807, 2.05) is 36.4 Å². The third kappa shape index (κ3) is 4.16. The molecule has 0 saturated carbocycles. The Hall–Kier alpha value is -4.77. The van der Waals surface area contributed by atoms with E-state index in [1.165, 1.54) is 30.3 Å². The lowest BCUT2D eigenvalue weighted by molar-refractivity contribution is -0.384. The van der Waals surface area contributed by atoms with Crippen molar-refractivity contribution < 1.29 is 14.2 Å². The van der Waals surface area contributed by atoms with E-state index in [0.717, 1.165) is 10.9 Å². The number of hydrogen-bond donors (Lipinski definition) is 1. The Balaban J connectivity index is 1.62. The monoisotopic (exact) mass is 410 g/mol. The van der Waals surface area contributed by atoms with Gasteiger partial charge in [0.05, 0.1) is 10.3 Å². The van der Waals surface area contributed by atoms with Gasteiger partial charge in [0.1, 0.15) is 17.2 Å². The Labute approximate surface area is 176 Å². The van der Waals surface area contributed by atoms with E-state index < -0.39 is 10.8 Å². The Bertz CT molecular complexity index is 1350. The fourth-order valence-corrected chi connectivity index (χ4v) is 3.03. The molecule has 0 bridgehead atoms. The predicted octanol–water partition coefficient (Wildman–Crippen LogP) is 4.95. The number of aromatic nitrogens is 1. The van der Waals surface area contributed by atoms with E-state index in [9.17, 15) is 20.2 Å². The van der Waals surface area contributed by atoms with Crippen LogP contribution in [0.15, 0.2) is 82.9 Å². The lowest BCUT2D eigenvalue weighted by Gasteiger charge is -2.04. The van der Waals surface area contributed by atoms with Crippen LogP contribution in [0.5, 0.6) is 0 Å². The second-order valence-corrected chi connectivity index (χ2v) is 6.58. The zero-order chi connectivity index (χ0) is 21.8. The normalized spacial score (nSPS) is 11.1. The van der Waals surface area contributed by atoms with Gasteiger partial charge in [-0.3, -0.25) is 14.9 Å². The first-order chi connectivity index (χ1) is 15.0. The van der Waals surface area contributed by atoms with Gasteiger partial charge in [-0.1, -0.05) is 41.6 Å². The van der Waals surface area contributed by atoms with Crippen LogP contribution < -0.4 is 5.32 Å². The zero-order valence-electron chi connectivity index (χ0n) is 16.0. The van der Waals surface area contributed by atoms with E-state index >= 15 is 0 Å². The molecule has 0 unspecified atom stereocenters. The van der Waals surface area contributed by atoms with E-state index in [1.54, 1.807) is 18.2 Å². The minimum absolute atomic E-state index is 0.0923. The van der Waals surface area contributed by atoms with Crippen LogP contribution in [0.25, 0.3) is 28.3 Å². The minimum atomic E-state index is -0.620. The minimum Gasteiger partial charge on any atom is -0.355 e. The SMILES string of the molecule is N#CC(=Cc1ccc2noc(-c3ccccc3)c2c1)C(=O)Nc1ccc([N+](=O)[O-])cc1. The van der Waals surface area contributed by atoms with Crippen LogP contribution in [0.3, 0.4) is 0 Å². The number of anilines is 1. The van der Waals surface area contributed by atoms with E-state index in [4.69, 9.17) is 4.52 Å². The van der Waals surface area contributed by atoms with Crippen LogP contribution in [0.2, 0.25) is 0 Å². The standard InChI is InChI=1S/C23H14N4O4/c24-14-17(23(28)25-18-7-9-19(10-8-18)27(29)30)12-15-6-11-21-20(13-15)22(31-26-21)16-4-2-1-3-5-16/h1-13H,(H,25,28). The largest absolute Gasteiger partial charge is 0.355 e. The summed E-state index contributed by atoms with van der Waals surface area (Å²) < 4.78 is 5.48. The van der Waals surface area contributed by atoms with Gasteiger partial charge in [0, 0.05) is 23.4 Å². The molecule has 0 saturated heterocycles. The molecule has 0 aliphatic rings. The van der Waals surface area contributed by atoms with Gasteiger partial charge < -0.3 is 9.84 Å². The summed E-state index contributed by atoms with van der Waals surface area (Å²) in [6, 6.07) is 22.0. The maximum Gasteiger partial charge on any atom is 0.269 e. The molecule has 1 heterocycles. The summed E-state index contributed by atoms with van der Waals surface area (Å²) in [7, 11) is 0. The summed E-state index contributed by atoms with van der Waals surface area (Å²) >= 11 is 0. The van der Waals surface area contributed by atoms with Gasteiger partial charge in [-0.05, 0) is 35.9 Å². The maximum atomic E-state index is 12.5. The molecule has 8 heteroatoms. The molecule has 8 nitrogen and oxygen atoms in total. The first-order valence-corrected chi connectivity index (χ1v) is 9.17. The second kappa shape index (κ2) is 8.31. The smallest absolute Gasteiger partial charge is 0.269 e. The third-order valence-corrected chi connectivity index (χ3v) is 4.55. The molecule has 1 amide bonds. The highest BCUT2D eigenvalue weighted by Crippen LogP contribution is 2.29. The first kappa shape index (κ1) is 19.5. The summed E-state index contributed by atoms with van der Waals surface area (Å²) in [6.45, 7) is 0. The van der Waals surface area contributed by atoms with Gasteiger partial charge in [-0.25, -0.2) is 0 Å². The van der Waals surface area contributed by atoms with Crippen LogP contribution >= 0.6 is 0 Å². The summed E-state index contributed by atoms with van der Waals surface area (Å²) in [5, 5.41) is 27.6. The van der Waals surface area contributed by atoms with Gasteiger partial charge in [-0.2, -0.15) is 5.26 Å². The summed E-state index contributed by atoms with van der Waals surface area (Å²) in [6.07, 6.45) is 1.46. The number of carbonyl (C=O) groups is 1. The molecule has 150 valence electrons. The first-order valence-electron chi connectivity index (χ1n) is 9.17. The molecular formula is C23H14N4O4. The van der Waals surface area contributed by atoms with Crippen molar-refractivity contribution in [2.24, 2.45) is 0 Å². The molecule has 0 atom stereocenters. The molecular weight excluding hydrogens is 396 g/mol. The maximum absolute atomic E-state index is 12.5. The Morgan fingerprint density at radius 3 is 2.52 bits per heavy atom. The highest BCUT2D eigenvalue weighted by Gasteiger charge is 2.14. The van der Waals surface area contributed by atoms with Crippen LogP contribution in [-0.2, 0) is 4.79 Å². The fraction of sp³-hybridized carbons (Fsp3) is 0. The average Bonchev–Trinajstić information content (AvgIpc) is 3.21. The van der Waals surface area contributed by atoms with Gasteiger partial charge in [0.2, 0.25) is 0 Å². The van der Waals surface area contributed by atoms with Crippen LogP contribution in [0, 0.1) is 21.4 Å². The Morgan fingerprint density at radius 1 is 1.10 bits per heavy atom. The molecule has 4 aromatic rings. The fourth-order valence-electron chi connectivity index (χ4n) is 3.03. The summed E-state index contributed by atoms with van der Waals surface area (Å²) in [4.78, 5) is 22.7. The van der Waals surface area contributed by atoms with E-state index in [2.05, 4.69) is 10.5 Å². The number of nitrogens with zero attached hydrogens (tertiary/aromatic N) is 3. The number of nitriles is 1. The van der Waals surface area contributed by atoms with Crippen molar-refractivity contribution >= 4 is 34.3 Å². The van der Waals surface area contributed by atoms with E-state index in [-0.39, 0.29) is 11.3 Å². The summed E-state index contributed by atoms with van der Waals surface area (Å²) in [5.41, 5.74) is 2.29.